The van der Waals surface area contributed by atoms with Crippen molar-refractivity contribution in [2.24, 2.45) is 0 Å². The molecule has 0 spiro atoms. The highest BCUT2D eigenvalue weighted by Crippen LogP contribution is 2.29. The summed E-state index contributed by atoms with van der Waals surface area (Å²) in [6.45, 7) is 1.24. The molecular weight excluding hydrogens is 344 g/mol. The number of amides is 1. The van der Waals surface area contributed by atoms with E-state index in [0.717, 1.165) is 0 Å². The summed E-state index contributed by atoms with van der Waals surface area (Å²) < 4.78 is 36.6. The second-order valence-corrected chi connectivity index (χ2v) is 7.32. The summed E-state index contributed by atoms with van der Waals surface area (Å²) in [5, 5.41) is 0.110. The maximum atomic E-state index is 12.8. The molecule has 0 radical (unpaired) electrons. The van der Waals surface area contributed by atoms with Crippen molar-refractivity contribution < 1.29 is 22.7 Å². The highest BCUT2D eigenvalue weighted by molar-refractivity contribution is 7.89. The quantitative estimate of drug-likeness (QED) is 0.819. The van der Waals surface area contributed by atoms with E-state index in [-0.39, 0.29) is 23.0 Å². The predicted octanol–water partition coefficient (Wildman–Crippen LogP) is 1.81. The van der Waals surface area contributed by atoms with Gasteiger partial charge in [0.2, 0.25) is 10.0 Å². The first-order valence-corrected chi connectivity index (χ1v) is 8.88. The molecule has 0 saturated carbocycles. The molecule has 0 N–H and O–H groups in total. The summed E-state index contributed by atoms with van der Waals surface area (Å²) >= 11 is 6.08. The maximum Gasteiger partial charge on any atom is 0.409 e. The Kier molecular flexibility index (Phi) is 5.72. The zero-order chi connectivity index (χ0) is 17.0. The number of carbonyl (C=O) groups is 1. The number of hydrogen-bond acceptors (Lipinski definition) is 5. The second kappa shape index (κ2) is 7.37. The molecule has 2 rings (SSSR count). The van der Waals surface area contributed by atoms with Crippen molar-refractivity contribution in [2.75, 3.05) is 40.4 Å². The van der Waals surface area contributed by atoms with Gasteiger partial charge in [-0.1, -0.05) is 11.6 Å². The minimum absolute atomic E-state index is 0.0338. The van der Waals surface area contributed by atoms with Gasteiger partial charge >= 0.3 is 6.09 Å². The van der Waals surface area contributed by atoms with Gasteiger partial charge in [-0.25, -0.2) is 13.2 Å². The van der Waals surface area contributed by atoms with Crippen LogP contribution in [0.3, 0.4) is 0 Å². The van der Waals surface area contributed by atoms with Gasteiger partial charge in [0.15, 0.2) is 0 Å². The van der Waals surface area contributed by atoms with E-state index >= 15 is 0 Å². The van der Waals surface area contributed by atoms with Crippen molar-refractivity contribution in [3.8, 4) is 5.75 Å². The third-order valence-corrected chi connectivity index (χ3v) is 6.03. The van der Waals surface area contributed by atoms with Crippen LogP contribution in [0, 0.1) is 0 Å². The van der Waals surface area contributed by atoms with Crippen LogP contribution in [0.5, 0.6) is 5.75 Å². The monoisotopic (exact) mass is 362 g/mol. The largest absolute Gasteiger partial charge is 0.497 e. The smallest absolute Gasteiger partial charge is 0.409 e. The molecule has 7 nitrogen and oxygen atoms in total. The molecule has 1 aliphatic rings. The molecule has 23 heavy (non-hydrogen) atoms. The van der Waals surface area contributed by atoms with Crippen LogP contribution in [-0.2, 0) is 14.8 Å². The van der Waals surface area contributed by atoms with Crippen LogP contribution in [0.15, 0.2) is 23.1 Å². The molecule has 1 aliphatic heterocycles. The number of methoxy groups -OCH3 is 2. The Balaban J connectivity index is 2.21. The van der Waals surface area contributed by atoms with E-state index in [0.29, 0.717) is 25.3 Å². The summed E-state index contributed by atoms with van der Waals surface area (Å²) in [5.74, 6) is 0.488. The van der Waals surface area contributed by atoms with Crippen molar-refractivity contribution in [3.63, 3.8) is 0 Å². The summed E-state index contributed by atoms with van der Waals surface area (Å²) in [5.41, 5.74) is 0. The number of nitrogens with zero attached hydrogens (tertiary/aromatic N) is 2. The van der Waals surface area contributed by atoms with E-state index in [9.17, 15) is 13.2 Å². The van der Waals surface area contributed by atoms with Crippen molar-refractivity contribution in [2.45, 2.75) is 11.3 Å². The van der Waals surface area contributed by atoms with Crippen LogP contribution < -0.4 is 4.74 Å². The molecule has 1 aromatic carbocycles. The standard InChI is InChI=1S/C14H19ClN2O5S/c1-21-11-4-5-13(12(15)10-11)23(19,20)17-7-3-6-16(8-9-17)14(18)22-2/h4-5,10H,3,6-9H2,1-2H3. The minimum Gasteiger partial charge on any atom is -0.497 e. The normalized spacial score (nSPS) is 16.7. The fourth-order valence-corrected chi connectivity index (χ4v) is 4.38. The van der Waals surface area contributed by atoms with Crippen LogP contribution in [0.1, 0.15) is 6.42 Å². The molecule has 1 amide bonds. The summed E-state index contributed by atoms with van der Waals surface area (Å²) in [7, 11) is -0.943. The lowest BCUT2D eigenvalue weighted by Gasteiger charge is -2.21. The van der Waals surface area contributed by atoms with Crippen LogP contribution in [-0.4, -0.2) is 64.1 Å². The van der Waals surface area contributed by atoms with Gasteiger partial charge in [-0.05, 0) is 18.6 Å². The van der Waals surface area contributed by atoms with E-state index in [1.54, 1.807) is 6.07 Å². The molecule has 1 heterocycles. The molecular formula is C14H19ClN2O5S. The topological polar surface area (TPSA) is 76.2 Å². The Morgan fingerprint density at radius 2 is 1.91 bits per heavy atom. The van der Waals surface area contributed by atoms with E-state index in [1.165, 1.54) is 35.6 Å². The van der Waals surface area contributed by atoms with Gasteiger partial charge in [0, 0.05) is 32.2 Å². The molecule has 0 atom stereocenters. The van der Waals surface area contributed by atoms with Crippen LogP contribution in [0.25, 0.3) is 0 Å². The molecule has 1 aromatic rings. The first-order valence-electron chi connectivity index (χ1n) is 7.06. The molecule has 0 aliphatic carbocycles. The third kappa shape index (κ3) is 3.88. The fourth-order valence-electron chi connectivity index (χ4n) is 2.40. The Bertz CT molecular complexity index is 680. The Morgan fingerprint density at radius 3 is 2.52 bits per heavy atom. The number of benzene rings is 1. The highest BCUT2D eigenvalue weighted by atomic mass is 35.5. The van der Waals surface area contributed by atoms with Crippen LogP contribution in [0.4, 0.5) is 4.79 Å². The van der Waals surface area contributed by atoms with E-state index < -0.39 is 16.1 Å². The second-order valence-electron chi connectivity index (χ2n) is 5.01. The lowest BCUT2D eigenvalue weighted by Crippen LogP contribution is -2.37. The zero-order valence-corrected chi connectivity index (χ0v) is 14.6. The minimum atomic E-state index is -3.73. The predicted molar refractivity (Wildman–Crippen MR) is 85.4 cm³/mol. The van der Waals surface area contributed by atoms with Gasteiger partial charge in [-0.3, -0.25) is 0 Å². The average Bonchev–Trinajstić information content (AvgIpc) is 2.80. The number of carbonyl (C=O) groups excluding carboxylic acids is 1. The summed E-state index contributed by atoms with van der Waals surface area (Å²) in [6, 6.07) is 4.45. The summed E-state index contributed by atoms with van der Waals surface area (Å²) in [6.07, 6.45) is 0.0778. The van der Waals surface area contributed by atoms with Gasteiger partial charge in [0.05, 0.1) is 19.2 Å². The van der Waals surface area contributed by atoms with E-state index in [2.05, 4.69) is 4.74 Å². The number of rotatable bonds is 3. The summed E-state index contributed by atoms with van der Waals surface area (Å²) in [4.78, 5) is 13.1. The van der Waals surface area contributed by atoms with Gasteiger partial charge in [-0.2, -0.15) is 4.31 Å². The highest BCUT2D eigenvalue weighted by Gasteiger charge is 2.30. The number of hydrogen-bond donors (Lipinski definition) is 0. The van der Waals surface area contributed by atoms with E-state index in [1.807, 2.05) is 0 Å². The molecule has 128 valence electrons. The third-order valence-electron chi connectivity index (χ3n) is 3.64. The Morgan fingerprint density at radius 1 is 1.17 bits per heavy atom. The Hall–Kier alpha value is -1.51. The van der Waals surface area contributed by atoms with Gasteiger partial charge < -0.3 is 14.4 Å². The average molecular weight is 363 g/mol. The SMILES string of the molecule is COC(=O)N1CCCN(S(=O)(=O)c2ccc(OC)cc2Cl)CC1. The van der Waals surface area contributed by atoms with Crippen molar-refractivity contribution in [1.82, 2.24) is 9.21 Å². The van der Waals surface area contributed by atoms with Gasteiger partial charge in [0.25, 0.3) is 0 Å². The molecule has 1 fully saturated rings. The van der Waals surface area contributed by atoms with Crippen LogP contribution >= 0.6 is 11.6 Å². The van der Waals surface area contributed by atoms with Crippen LogP contribution in [0.2, 0.25) is 5.02 Å². The fraction of sp³-hybridized carbons (Fsp3) is 0.500. The molecule has 0 bridgehead atoms. The molecule has 0 aromatic heterocycles. The zero-order valence-electron chi connectivity index (χ0n) is 13.0. The van der Waals surface area contributed by atoms with Crippen molar-refractivity contribution >= 4 is 27.7 Å². The van der Waals surface area contributed by atoms with Gasteiger partial charge in [0.1, 0.15) is 10.6 Å². The maximum absolute atomic E-state index is 12.8. The number of sulfonamides is 1. The number of ether oxygens (including phenoxy) is 2. The first-order chi connectivity index (χ1) is 10.9. The van der Waals surface area contributed by atoms with Crippen molar-refractivity contribution in [3.05, 3.63) is 23.2 Å². The lowest BCUT2D eigenvalue weighted by atomic mass is 10.3. The van der Waals surface area contributed by atoms with Gasteiger partial charge in [-0.15, -0.1) is 0 Å². The van der Waals surface area contributed by atoms with Crippen molar-refractivity contribution in [1.29, 1.82) is 0 Å². The molecule has 1 saturated heterocycles. The first kappa shape index (κ1) is 17.8. The number of halogens is 1. The molecule has 0 unspecified atom stereocenters. The Labute approximate surface area is 140 Å². The molecule has 9 heteroatoms. The lowest BCUT2D eigenvalue weighted by molar-refractivity contribution is 0.126. The van der Waals surface area contributed by atoms with E-state index in [4.69, 9.17) is 16.3 Å².